The minimum atomic E-state index is -4.45. The molecule has 0 aromatic heterocycles. The summed E-state index contributed by atoms with van der Waals surface area (Å²) in [6.45, 7) is 0. The number of rotatable bonds is 2. The first kappa shape index (κ1) is 27.3. The standard InChI is InChI=1S/C35H16F6N3/c36-34(37,38)22-7-1-18(2-8-22)20-5-11-24-26-15-27-25-12-6-21(19-3-9-23(10-4-19)35(39,40)41)14-30(25)33(44-17-42)31(27)16-29(26)32(43)28(24)13-20/h1-16H/q-1. The monoisotopic (exact) mass is 592 g/mol. The summed E-state index contributed by atoms with van der Waals surface area (Å²) in [4.78, 5) is 4.07. The zero-order valence-corrected chi connectivity index (χ0v) is 22.3. The SMILES string of the molecule is N#CN=c1c2cc(-c3ccc(C(F)(F)F)cc3)ccc2c2cc3c(cc12)c(=[N-])c1cc(-c2ccc(C(F)(F)F)cc2)ccc13. The van der Waals surface area contributed by atoms with Crippen LogP contribution in [0.15, 0.2) is 102 Å². The molecule has 0 aliphatic rings. The molecule has 0 fully saturated rings. The molecule has 9 heteroatoms. The molecule has 0 saturated carbocycles. The van der Waals surface area contributed by atoms with Crippen molar-refractivity contribution in [1.82, 2.24) is 0 Å². The van der Waals surface area contributed by atoms with Crippen molar-refractivity contribution in [3.05, 3.63) is 124 Å². The molecule has 0 radical (unpaired) electrons. The maximum Gasteiger partial charge on any atom is 0.416 e. The molecule has 0 atom stereocenters. The van der Waals surface area contributed by atoms with Crippen molar-refractivity contribution < 1.29 is 26.3 Å². The lowest BCUT2D eigenvalue weighted by Gasteiger charge is -2.08. The second kappa shape index (κ2) is 9.51. The van der Waals surface area contributed by atoms with Crippen molar-refractivity contribution in [2.24, 2.45) is 4.99 Å². The molecule has 0 saturated heterocycles. The van der Waals surface area contributed by atoms with Crippen LogP contribution >= 0.6 is 0 Å². The first-order valence-corrected chi connectivity index (χ1v) is 13.3. The maximum absolute atomic E-state index is 13.1. The van der Waals surface area contributed by atoms with Crippen LogP contribution in [-0.4, -0.2) is 0 Å². The van der Waals surface area contributed by atoms with Gasteiger partial charge in [0, 0.05) is 10.8 Å². The smallest absolute Gasteiger partial charge is 0.416 e. The Morgan fingerprint density at radius 2 is 0.864 bits per heavy atom. The van der Waals surface area contributed by atoms with E-state index in [1.54, 1.807) is 30.3 Å². The molecule has 7 aromatic carbocycles. The van der Waals surface area contributed by atoms with Gasteiger partial charge in [-0.3, -0.25) is 0 Å². The quantitative estimate of drug-likeness (QED) is 0.146. The van der Waals surface area contributed by atoms with E-state index in [0.717, 1.165) is 45.8 Å². The average molecular weight is 593 g/mol. The normalized spacial score (nSPS) is 13.0. The van der Waals surface area contributed by atoms with E-state index in [4.69, 9.17) is 0 Å². The largest absolute Gasteiger partial charge is 0.803 e. The van der Waals surface area contributed by atoms with Crippen LogP contribution in [0.25, 0.3) is 70.8 Å². The lowest BCUT2D eigenvalue weighted by atomic mass is 10.0. The highest BCUT2D eigenvalue weighted by molar-refractivity contribution is 6.22. The molecule has 214 valence electrons. The van der Waals surface area contributed by atoms with E-state index >= 15 is 0 Å². The molecule has 0 unspecified atom stereocenters. The van der Waals surface area contributed by atoms with Crippen LogP contribution in [0.1, 0.15) is 11.1 Å². The Bertz CT molecular complexity index is 2420. The number of nitriles is 1. The highest BCUT2D eigenvalue weighted by atomic mass is 19.4. The fraction of sp³-hybridized carbons (Fsp3) is 0.0571. The van der Waals surface area contributed by atoms with Crippen LogP contribution in [-0.2, 0) is 12.4 Å². The van der Waals surface area contributed by atoms with E-state index in [1.807, 2.05) is 24.4 Å². The van der Waals surface area contributed by atoms with Gasteiger partial charge in [-0.2, -0.15) is 36.6 Å². The van der Waals surface area contributed by atoms with Gasteiger partial charge in [-0.1, -0.05) is 48.5 Å². The van der Waals surface area contributed by atoms with Gasteiger partial charge < -0.3 is 5.41 Å². The van der Waals surface area contributed by atoms with Crippen molar-refractivity contribution in [1.29, 1.82) is 5.26 Å². The molecular formula is C35H16F6N3-. The van der Waals surface area contributed by atoms with Crippen LogP contribution in [0.2, 0.25) is 0 Å². The van der Waals surface area contributed by atoms with E-state index in [-0.39, 0.29) is 5.36 Å². The minimum Gasteiger partial charge on any atom is -0.803 e. The van der Waals surface area contributed by atoms with Gasteiger partial charge in [-0.25, -0.2) is 0 Å². The Kier molecular flexibility index (Phi) is 5.91. The summed E-state index contributed by atoms with van der Waals surface area (Å²) < 4.78 is 78.2. The molecule has 44 heavy (non-hydrogen) atoms. The van der Waals surface area contributed by atoms with Crippen molar-refractivity contribution in [3.8, 4) is 28.4 Å². The summed E-state index contributed by atoms with van der Waals surface area (Å²) in [5, 5.41) is 26.5. The second-order valence-corrected chi connectivity index (χ2v) is 10.5. The first-order valence-electron chi connectivity index (χ1n) is 13.3. The van der Waals surface area contributed by atoms with Crippen LogP contribution in [0.5, 0.6) is 0 Å². The number of benzene rings is 5. The fourth-order valence-corrected chi connectivity index (χ4v) is 5.91. The second-order valence-electron chi connectivity index (χ2n) is 10.5. The van der Waals surface area contributed by atoms with Crippen LogP contribution < -0.4 is 10.7 Å². The molecule has 0 aliphatic carbocycles. The van der Waals surface area contributed by atoms with Crippen molar-refractivity contribution >= 4 is 43.1 Å². The fourth-order valence-electron chi connectivity index (χ4n) is 5.91. The van der Waals surface area contributed by atoms with Crippen molar-refractivity contribution in [3.63, 3.8) is 0 Å². The molecule has 0 spiro atoms. The number of halogens is 6. The molecule has 0 N–H and O–H groups in total. The predicted molar refractivity (Wildman–Crippen MR) is 157 cm³/mol. The predicted octanol–water partition coefficient (Wildman–Crippen LogP) is 9.40. The van der Waals surface area contributed by atoms with Crippen LogP contribution in [0.4, 0.5) is 26.3 Å². The van der Waals surface area contributed by atoms with Gasteiger partial charge in [0.05, 0.1) is 16.5 Å². The lowest BCUT2D eigenvalue weighted by Crippen LogP contribution is -2.04. The molecule has 0 bridgehead atoms. The highest BCUT2D eigenvalue weighted by Crippen LogP contribution is 2.37. The van der Waals surface area contributed by atoms with E-state index in [9.17, 15) is 37.0 Å². The molecule has 7 aromatic rings. The Hall–Kier alpha value is -5.49. The molecule has 3 nitrogen and oxygen atoms in total. The van der Waals surface area contributed by atoms with E-state index in [2.05, 4.69) is 4.99 Å². The molecule has 7 rings (SSSR count). The third-order valence-corrected chi connectivity index (χ3v) is 8.05. The molecular weight excluding hydrogens is 576 g/mol. The first-order chi connectivity index (χ1) is 20.9. The van der Waals surface area contributed by atoms with Crippen molar-refractivity contribution in [2.45, 2.75) is 12.4 Å². The zero-order valence-electron chi connectivity index (χ0n) is 22.3. The number of fused-ring (bicyclic) bond motifs is 6. The van der Waals surface area contributed by atoms with Crippen LogP contribution in [0, 0.1) is 11.5 Å². The van der Waals surface area contributed by atoms with Gasteiger partial charge in [0.1, 0.15) is 0 Å². The average Bonchev–Trinajstić information content (AvgIpc) is 3.45. The number of alkyl halides is 6. The topological polar surface area (TPSA) is 58.5 Å². The number of nitrogens with zero attached hydrogens (tertiary/aromatic N) is 3. The van der Waals surface area contributed by atoms with E-state index < -0.39 is 23.5 Å². The molecule has 0 heterocycles. The Morgan fingerprint density at radius 3 is 1.36 bits per heavy atom. The van der Waals surface area contributed by atoms with Gasteiger partial charge in [-0.05, 0) is 103 Å². The zero-order chi connectivity index (χ0) is 31.0. The third-order valence-electron chi connectivity index (χ3n) is 8.05. The van der Waals surface area contributed by atoms with Gasteiger partial charge in [0.25, 0.3) is 0 Å². The number of hydrogen-bond acceptors (Lipinski definition) is 2. The van der Waals surface area contributed by atoms with Crippen molar-refractivity contribution in [2.75, 3.05) is 0 Å². The van der Waals surface area contributed by atoms with E-state index in [1.165, 1.54) is 24.3 Å². The van der Waals surface area contributed by atoms with Gasteiger partial charge in [0.15, 0.2) is 0 Å². The summed E-state index contributed by atoms with van der Waals surface area (Å²) in [6, 6.07) is 24.0. The summed E-state index contributed by atoms with van der Waals surface area (Å²) in [5.74, 6) is 0. The van der Waals surface area contributed by atoms with Gasteiger partial charge in [0.2, 0.25) is 6.19 Å². The van der Waals surface area contributed by atoms with E-state index in [0.29, 0.717) is 49.2 Å². The van der Waals surface area contributed by atoms with Gasteiger partial charge in [-0.15, -0.1) is 5.36 Å². The minimum absolute atomic E-state index is 0.00994. The van der Waals surface area contributed by atoms with Crippen LogP contribution in [0.3, 0.4) is 0 Å². The van der Waals surface area contributed by atoms with Gasteiger partial charge >= 0.3 is 12.4 Å². The summed E-state index contributed by atoms with van der Waals surface area (Å²) in [6.07, 6.45) is -7.06. The Labute approximate surface area is 244 Å². The third kappa shape index (κ3) is 4.30. The number of hydrogen-bond donors (Lipinski definition) is 0. The molecule has 0 aliphatic heterocycles. The lowest BCUT2D eigenvalue weighted by molar-refractivity contribution is -0.138. The Morgan fingerprint density at radius 1 is 0.477 bits per heavy atom. The summed E-state index contributed by atoms with van der Waals surface area (Å²) in [5.41, 5.74) is 0.920. The maximum atomic E-state index is 13.1. The Balaban J connectivity index is 1.39. The highest BCUT2D eigenvalue weighted by Gasteiger charge is 2.30. The summed E-state index contributed by atoms with van der Waals surface area (Å²) >= 11 is 0. The summed E-state index contributed by atoms with van der Waals surface area (Å²) in [7, 11) is 0. The molecule has 0 amide bonds.